The van der Waals surface area contributed by atoms with Crippen LogP contribution in [0.2, 0.25) is 0 Å². The van der Waals surface area contributed by atoms with Crippen molar-refractivity contribution in [1.82, 2.24) is 0 Å². The second-order valence-corrected chi connectivity index (χ2v) is 5.04. The highest BCUT2D eigenvalue weighted by atomic mass is 16.1. The Morgan fingerprint density at radius 2 is 1.53 bits per heavy atom. The van der Waals surface area contributed by atoms with Crippen molar-refractivity contribution < 1.29 is 4.79 Å². The molecule has 3 rings (SSSR count). The third-order valence-corrected chi connectivity index (χ3v) is 3.83. The van der Waals surface area contributed by atoms with Crippen LogP contribution in [0.4, 0.5) is 5.69 Å². The predicted molar refractivity (Wildman–Crippen MR) is 77.0 cm³/mol. The molecule has 1 unspecified atom stereocenters. The van der Waals surface area contributed by atoms with E-state index >= 15 is 0 Å². The van der Waals surface area contributed by atoms with Crippen LogP contribution in [0.3, 0.4) is 0 Å². The summed E-state index contributed by atoms with van der Waals surface area (Å²) in [4.78, 5) is 12.4. The average Bonchev–Trinajstić information content (AvgIpc) is 2.83. The van der Waals surface area contributed by atoms with Crippen molar-refractivity contribution in [2.75, 3.05) is 5.32 Å². The summed E-state index contributed by atoms with van der Waals surface area (Å²) >= 11 is 0. The summed E-state index contributed by atoms with van der Waals surface area (Å²) in [6, 6.07) is 20.0. The highest BCUT2D eigenvalue weighted by Crippen LogP contribution is 2.38. The molecule has 1 saturated carbocycles. The second kappa shape index (κ2) is 4.88. The number of nitrogens with one attached hydrogen (secondary N) is 1. The standard InChI is InChI=1S/C17H17NO/c19-16-12-7-13-17(16,14-8-3-1-4-9-14)18-15-10-5-2-6-11-15/h1-6,8-11,18H,7,12-13H2. The molecule has 19 heavy (non-hydrogen) atoms. The summed E-state index contributed by atoms with van der Waals surface area (Å²) in [7, 11) is 0. The van der Waals surface area contributed by atoms with Gasteiger partial charge in [0.1, 0.15) is 5.54 Å². The van der Waals surface area contributed by atoms with E-state index in [0.29, 0.717) is 12.2 Å². The first kappa shape index (κ1) is 12.0. The number of hydrogen-bond acceptors (Lipinski definition) is 2. The zero-order valence-corrected chi connectivity index (χ0v) is 10.8. The van der Waals surface area contributed by atoms with Crippen molar-refractivity contribution in [2.24, 2.45) is 0 Å². The van der Waals surface area contributed by atoms with Crippen molar-refractivity contribution in [3.05, 3.63) is 66.2 Å². The summed E-state index contributed by atoms with van der Waals surface area (Å²) in [6.07, 6.45) is 2.48. The molecule has 1 atom stereocenters. The Bertz CT molecular complexity index is 564. The SMILES string of the molecule is O=C1CCCC1(Nc1ccccc1)c1ccccc1. The van der Waals surface area contributed by atoms with Gasteiger partial charge in [-0.1, -0.05) is 48.5 Å². The Morgan fingerprint density at radius 1 is 0.895 bits per heavy atom. The van der Waals surface area contributed by atoms with Crippen LogP contribution in [0.25, 0.3) is 0 Å². The first-order chi connectivity index (χ1) is 9.31. The molecule has 2 nitrogen and oxygen atoms in total. The van der Waals surface area contributed by atoms with E-state index in [1.807, 2.05) is 60.7 Å². The number of rotatable bonds is 3. The summed E-state index contributed by atoms with van der Waals surface area (Å²) in [5.74, 6) is 0.294. The Hall–Kier alpha value is -2.09. The van der Waals surface area contributed by atoms with Crippen LogP contribution in [0.5, 0.6) is 0 Å². The molecule has 0 amide bonds. The van der Waals surface area contributed by atoms with Gasteiger partial charge >= 0.3 is 0 Å². The minimum atomic E-state index is -0.539. The monoisotopic (exact) mass is 251 g/mol. The maximum atomic E-state index is 12.4. The third-order valence-electron chi connectivity index (χ3n) is 3.83. The Morgan fingerprint density at radius 3 is 2.11 bits per heavy atom. The minimum Gasteiger partial charge on any atom is -0.369 e. The lowest BCUT2D eigenvalue weighted by Gasteiger charge is -2.30. The number of para-hydroxylation sites is 1. The first-order valence-electron chi connectivity index (χ1n) is 6.73. The van der Waals surface area contributed by atoms with Crippen molar-refractivity contribution in [3.63, 3.8) is 0 Å². The molecule has 0 spiro atoms. The van der Waals surface area contributed by atoms with Crippen LogP contribution in [0, 0.1) is 0 Å². The molecule has 2 aromatic carbocycles. The molecular formula is C17H17NO. The number of hydrogen-bond donors (Lipinski definition) is 1. The Labute approximate surface area is 113 Å². The van der Waals surface area contributed by atoms with Gasteiger partial charge in [0.15, 0.2) is 5.78 Å². The van der Waals surface area contributed by atoms with Crippen LogP contribution in [-0.4, -0.2) is 5.78 Å². The van der Waals surface area contributed by atoms with Gasteiger partial charge in [-0.05, 0) is 30.5 Å². The second-order valence-electron chi connectivity index (χ2n) is 5.04. The Balaban J connectivity index is 2.01. The molecule has 1 N–H and O–H groups in total. The molecule has 1 fully saturated rings. The van der Waals surface area contributed by atoms with Gasteiger partial charge in [0.2, 0.25) is 0 Å². The fourth-order valence-electron chi connectivity index (χ4n) is 2.87. The third kappa shape index (κ3) is 2.14. The van der Waals surface area contributed by atoms with Gasteiger partial charge < -0.3 is 5.32 Å². The van der Waals surface area contributed by atoms with Crippen LogP contribution < -0.4 is 5.32 Å². The van der Waals surface area contributed by atoms with E-state index in [1.54, 1.807) is 0 Å². The summed E-state index contributed by atoms with van der Waals surface area (Å²) in [6.45, 7) is 0. The lowest BCUT2D eigenvalue weighted by Crippen LogP contribution is -2.39. The smallest absolute Gasteiger partial charge is 0.162 e. The molecule has 0 saturated heterocycles. The van der Waals surface area contributed by atoms with Crippen LogP contribution in [-0.2, 0) is 10.3 Å². The number of benzene rings is 2. The first-order valence-corrected chi connectivity index (χ1v) is 6.73. The van der Waals surface area contributed by atoms with Gasteiger partial charge in [-0.3, -0.25) is 4.79 Å². The molecule has 96 valence electrons. The van der Waals surface area contributed by atoms with Gasteiger partial charge in [0.05, 0.1) is 0 Å². The van der Waals surface area contributed by atoms with E-state index in [0.717, 1.165) is 24.1 Å². The normalized spacial score (nSPS) is 22.4. The average molecular weight is 251 g/mol. The quantitative estimate of drug-likeness (QED) is 0.900. The molecule has 1 aliphatic rings. The van der Waals surface area contributed by atoms with E-state index < -0.39 is 5.54 Å². The lowest BCUT2D eigenvalue weighted by atomic mass is 9.87. The predicted octanol–water partition coefficient (Wildman–Crippen LogP) is 3.75. The van der Waals surface area contributed by atoms with Gasteiger partial charge in [0, 0.05) is 12.1 Å². The van der Waals surface area contributed by atoms with E-state index in [-0.39, 0.29) is 0 Å². The number of ketones is 1. The fraction of sp³-hybridized carbons (Fsp3) is 0.235. The zero-order valence-electron chi connectivity index (χ0n) is 10.8. The molecule has 0 bridgehead atoms. The van der Waals surface area contributed by atoms with Gasteiger partial charge in [-0.2, -0.15) is 0 Å². The van der Waals surface area contributed by atoms with Gasteiger partial charge in [0.25, 0.3) is 0 Å². The van der Waals surface area contributed by atoms with Crippen LogP contribution >= 0.6 is 0 Å². The number of carbonyl (C=O) groups is 1. The zero-order chi connectivity index (χ0) is 13.1. The fourth-order valence-corrected chi connectivity index (χ4v) is 2.87. The largest absolute Gasteiger partial charge is 0.369 e. The molecule has 2 aromatic rings. The van der Waals surface area contributed by atoms with Crippen LogP contribution in [0.15, 0.2) is 60.7 Å². The minimum absolute atomic E-state index is 0.294. The molecular weight excluding hydrogens is 234 g/mol. The maximum absolute atomic E-state index is 12.4. The Kier molecular flexibility index (Phi) is 3.08. The molecule has 0 heterocycles. The number of carbonyl (C=O) groups excluding carboxylic acids is 1. The van der Waals surface area contributed by atoms with Crippen LogP contribution in [0.1, 0.15) is 24.8 Å². The van der Waals surface area contributed by atoms with Crippen molar-refractivity contribution >= 4 is 11.5 Å². The summed E-state index contributed by atoms with van der Waals surface area (Å²) < 4.78 is 0. The van der Waals surface area contributed by atoms with Gasteiger partial charge in [-0.15, -0.1) is 0 Å². The topological polar surface area (TPSA) is 29.1 Å². The molecule has 2 heteroatoms. The van der Waals surface area contributed by atoms with Crippen molar-refractivity contribution in [3.8, 4) is 0 Å². The lowest BCUT2D eigenvalue weighted by molar-refractivity contribution is -0.121. The van der Waals surface area contributed by atoms with E-state index in [2.05, 4.69) is 5.32 Å². The summed E-state index contributed by atoms with van der Waals surface area (Å²) in [5, 5.41) is 3.47. The number of Topliss-reactive ketones (excluding diaryl/α,β-unsaturated/α-hetero) is 1. The highest BCUT2D eigenvalue weighted by Gasteiger charge is 2.43. The molecule has 0 aromatic heterocycles. The van der Waals surface area contributed by atoms with E-state index in [4.69, 9.17) is 0 Å². The van der Waals surface area contributed by atoms with E-state index in [1.165, 1.54) is 0 Å². The molecule has 0 radical (unpaired) electrons. The number of anilines is 1. The molecule has 0 aliphatic heterocycles. The van der Waals surface area contributed by atoms with E-state index in [9.17, 15) is 4.79 Å². The maximum Gasteiger partial charge on any atom is 0.162 e. The van der Waals surface area contributed by atoms with Crippen molar-refractivity contribution in [1.29, 1.82) is 0 Å². The molecule has 1 aliphatic carbocycles. The summed E-state index contributed by atoms with van der Waals surface area (Å²) in [5.41, 5.74) is 1.53. The van der Waals surface area contributed by atoms with Crippen molar-refractivity contribution in [2.45, 2.75) is 24.8 Å². The highest BCUT2D eigenvalue weighted by molar-refractivity contribution is 5.94. The van der Waals surface area contributed by atoms with Gasteiger partial charge in [-0.25, -0.2) is 0 Å².